The summed E-state index contributed by atoms with van der Waals surface area (Å²) in [6.07, 6.45) is 11.7. The topological polar surface area (TPSA) is 46.9 Å². The standard InChI is InChI=1S/C20H25N3O/c24-20(11-19-10-15-4-5-18(19)9-15)22-12-16-2-1-3-17(8-16)13-23-7-6-21-14-23/h1-3,6-8,14-15,18-19H,4-5,9-13H2,(H,22,24)/t15-,18-,19-/m1/s1. The Bertz CT molecular complexity index is 695. The minimum absolute atomic E-state index is 0.215. The molecule has 1 heterocycles. The van der Waals surface area contributed by atoms with Crippen LogP contribution in [0.2, 0.25) is 0 Å². The van der Waals surface area contributed by atoms with Gasteiger partial charge in [-0.15, -0.1) is 0 Å². The SMILES string of the molecule is O=C(C[C@H]1C[C@@H]2CC[C@@H]1C2)NCc1cccc(Cn2ccnc2)c1. The highest BCUT2D eigenvalue weighted by Gasteiger charge is 2.39. The third kappa shape index (κ3) is 3.53. The van der Waals surface area contributed by atoms with Gasteiger partial charge in [0.05, 0.1) is 6.33 Å². The lowest BCUT2D eigenvalue weighted by atomic mass is 9.86. The second kappa shape index (κ2) is 6.80. The number of carbonyl (C=O) groups excluding carboxylic acids is 1. The molecule has 126 valence electrons. The van der Waals surface area contributed by atoms with Crippen molar-refractivity contribution in [2.45, 2.75) is 45.2 Å². The van der Waals surface area contributed by atoms with E-state index < -0.39 is 0 Å². The third-order valence-electron chi connectivity index (χ3n) is 5.74. The highest BCUT2D eigenvalue weighted by atomic mass is 16.1. The third-order valence-corrected chi connectivity index (χ3v) is 5.74. The Kier molecular flexibility index (Phi) is 4.37. The van der Waals surface area contributed by atoms with Gasteiger partial charge >= 0.3 is 0 Å². The van der Waals surface area contributed by atoms with E-state index in [1.54, 1.807) is 6.20 Å². The molecule has 0 radical (unpaired) electrons. The second-order valence-corrected chi connectivity index (χ2v) is 7.47. The van der Waals surface area contributed by atoms with Gasteiger partial charge in [0, 0.05) is 31.9 Å². The van der Waals surface area contributed by atoms with Crippen molar-refractivity contribution in [1.82, 2.24) is 14.9 Å². The number of nitrogens with one attached hydrogen (secondary N) is 1. The fourth-order valence-electron chi connectivity index (χ4n) is 4.57. The van der Waals surface area contributed by atoms with E-state index >= 15 is 0 Å². The molecule has 1 aromatic carbocycles. The van der Waals surface area contributed by atoms with Crippen LogP contribution in [0.25, 0.3) is 0 Å². The number of benzene rings is 1. The van der Waals surface area contributed by atoms with Crippen LogP contribution in [0.4, 0.5) is 0 Å². The summed E-state index contributed by atoms with van der Waals surface area (Å²) in [4.78, 5) is 16.3. The van der Waals surface area contributed by atoms with Crippen molar-refractivity contribution in [2.24, 2.45) is 17.8 Å². The van der Waals surface area contributed by atoms with Crippen LogP contribution in [0.3, 0.4) is 0 Å². The number of fused-ring (bicyclic) bond motifs is 2. The highest BCUT2D eigenvalue weighted by molar-refractivity contribution is 5.76. The lowest BCUT2D eigenvalue weighted by Crippen LogP contribution is -2.26. The number of rotatable bonds is 6. The molecule has 4 heteroatoms. The van der Waals surface area contributed by atoms with Gasteiger partial charge in [0.2, 0.25) is 5.91 Å². The molecule has 2 bridgehead atoms. The van der Waals surface area contributed by atoms with Crippen molar-refractivity contribution >= 4 is 5.91 Å². The summed E-state index contributed by atoms with van der Waals surface area (Å²) in [5, 5.41) is 3.11. The number of hydrogen-bond donors (Lipinski definition) is 1. The molecule has 1 aromatic heterocycles. The first-order valence-corrected chi connectivity index (χ1v) is 9.06. The summed E-state index contributed by atoms with van der Waals surface area (Å²) < 4.78 is 2.05. The van der Waals surface area contributed by atoms with Gasteiger partial charge in [-0.3, -0.25) is 4.79 Å². The second-order valence-electron chi connectivity index (χ2n) is 7.47. The van der Waals surface area contributed by atoms with Gasteiger partial charge in [-0.2, -0.15) is 0 Å². The summed E-state index contributed by atoms with van der Waals surface area (Å²) in [6, 6.07) is 8.41. The van der Waals surface area contributed by atoms with Crippen molar-refractivity contribution in [3.05, 3.63) is 54.1 Å². The molecule has 0 aliphatic heterocycles. The van der Waals surface area contributed by atoms with E-state index in [1.807, 2.05) is 17.1 Å². The van der Waals surface area contributed by atoms with Crippen LogP contribution in [0.15, 0.2) is 43.0 Å². The molecule has 2 aromatic rings. The lowest BCUT2D eigenvalue weighted by molar-refractivity contribution is -0.122. The van der Waals surface area contributed by atoms with E-state index in [-0.39, 0.29) is 5.91 Å². The predicted molar refractivity (Wildman–Crippen MR) is 93.2 cm³/mol. The first-order valence-electron chi connectivity index (χ1n) is 9.06. The number of aromatic nitrogens is 2. The first-order chi connectivity index (χ1) is 11.8. The Balaban J connectivity index is 1.28. The maximum Gasteiger partial charge on any atom is 0.220 e. The molecule has 24 heavy (non-hydrogen) atoms. The van der Waals surface area contributed by atoms with E-state index in [4.69, 9.17) is 0 Å². The Hall–Kier alpha value is -2.10. The van der Waals surface area contributed by atoms with Crippen molar-refractivity contribution in [3.63, 3.8) is 0 Å². The van der Waals surface area contributed by atoms with Crippen molar-refractivity contribution in [2.75, 3.05) is 0 Å². The molecule has 0 spiro atoms. The zero-order valence-electron chi connectivity index (χ0n) is 14.0. The average Bonchev–Trinajstić information content (AvgIpc) is 3.31. The van der Waals surface area contributed by atoms with E-state index in [1.165, 1.54) is 31.2 Å². The maximum absolute atomic E-state index is 12.3. The van der Waals surface area contributed by atoms with E-state index in [9.17, 15) is 4.79 Å². The van der Waals surface area contributed by atoms with Crippen LogP contribution in [0, 0.1) is 17.8 Å². The van der Waals surface area contributed by atoms with E-state index in [0.29, 0.717) is 12.5 Å². The zero-order chi connectivity index (χ0) is 16.4. The highest BCUT2D eigenvalue weighted by Crippen LogP contribution is 2.49. The summed E-state index contributed by atoms with van der Waals surface area (Å²) in [5.74, 6) is 2.58. The van der Waals surface area contributed by atoms with Crippen molar-refractivity contribution in [1.29, 1.82) is 0 Å². The molecule has 4 rings (SSSR count). The fourth-order valence-corrected chi connectivity index (χ4v) is 4.57. The van der Waals surface area contributed by atoms with Gasteiger partial charge in [0.1, 0.15) is 0 Å². The molecule has 1 amide bonds. The molecule has 0 unspecified atom stereocenters. The number of amides is 1. The van der Waals surface area contributed by atoms with E-state index in [2.05, 4.69) is 34.6 Å². The fraction of sp³-hybridized carbons (Fsp3) is 0.500. The van der Waals surface area contributed by atoms with Crippen LogP contribution in [0.5, 0.6) is 0 Å². The van der Waals surface area contributed by atoms with Crippen LogP contribution < -0.4 is 5.32 Å². The van der Waals surface area contributed by atoms with Gasteiger partial charge in [0.15, 0.2) is 0 Å². The summed E-state index contributed by atoms with van der Waals surface area (Å²) in [6.45, 7) is 1.43. The normalized spacial score (nSPS) is 25.1. The molecular weight excluding hydrogens is 298 g/mol. The van der Waals surface area contributed by atoms with Crippen LogP contribution in [0.1, 0.15) is 43.2 Å². The zero-order valence-corrected chi connectivity index (χ0v) is 14.0. The van der Waals surface area contributed by atoms with Gasteiger partial charge < -0.3 is 9.88 Å². The molecule has 2 saturated carbocycles. The number of nitrogens with zero attached hydrogens (tertiary/aromatic N) is 2. The molecule has 3 atom stereocenters. The summed E-state index contributed by atoms with van der Waals surface area (Å²) in [7, 11) is 0. The van der Waals surface area contributed by atoms with Crippen molar-refractivity contribution in [3.8, 4) is 0 Å². The van der Waals surface area contributed by atoms with Crippen LogP contribution in [-0.4, -0.2) is 15.5 Å². The number of hydrogen-bond acceptors (Lipinski definition) is 2. The molecule has 2 aliphatic carbocycles. The Morgan fingerprint density at radius 3 is 2.92 bits per heavy atom. The number of imidazole rings is 1. The summed E-state index contributed by atoms with van der Waals surface area (Å²) >= 11 is 0. The quantitative estimate of drug-likeness (QED) is 0.886. The minimum Gasteiger partial charge on any atom is -0.352 e. The van der Waals surface area contributed by atoms with Gasteiger partial charge in [0.25, 0.3) is 0 Å². The number of carbonyl (C=O) groups is 1. The smallest absolute Gasteiger partial charge is 0.220 e. The maximum atomic E-state index is 12.3. The minimum atomic E-state index is 0.215. The largest absolute Gasteiger partial charge is 0.352 e. The Morgan fingerprint density at radius 1 is 1.25 bits per heavy atom. The monoisotopic (exact) mass is 323 g/mol. The lowest BCUT2D eigenvalue weighted by Gasteiger charge is -2.20. The van der Waals surface area contributed by atoms with E-state index in [0.717, 1.165) is 30.4 Å². The molecule has 2 fully saturated rings. The van der Waals surface area contributed by atoms with Crippen LogP contribution >= 0.6 is 0 Å². The molecule has 0 saturated heterocycles. The Morgan fingerprint density at radius 2 is 2.17 bits per heavy atom. The van der Waals surface area contributed by atoms with Gasteiger partial charge in [-0.25, -0.2) is 4.98 Å². The van der Waals surface area contributed by atoms with Gasteiger partial charge in [-0.1, -0.05) is 30.7 Å². The summed E-state index contributed by atoms with van der Waals surface area (Å²) in [5.41, 5.74) is 2.39. The molecular formula is C20H25N3O. The van der Waals surface area contributed by atoms with Gasteiger partial charge in [-0.05, 0) is 48.1 Å². The first kappa shape index (κ1) is 15.4. The van der Waals surface area contributed by atoms with Crippen molar-refractivity contribution < 1.29 is 4.79 Å². The predicted octanol–water partition coefficient (Wildman–Crippen LogP) is 3.37. The molecule has 2 aliphatic rings. The average molecular weight is 323 g/mol. The Labute approximate surface area is 143 Å². The molecule has 1 N–H and O–H groups in total. The van der Waals surface area contributed by atoms with Crippen LogP contribution in [-0.2, 0) is 17.9 Å². The molecule has 4 nitrogen and oxygen atoms in total.